The summed E-state index contributed by atoms with van der Waals surface area (Å²) in [6, 6.07) is 0. The topological polar surface area (TPSA) is 59.4 Å². The first kappa shape index (κ1) is 12.1. The van der Waals surface area contributed by atoms with Gasteiger partial charge in [0.25, 0.3) is 0 Å². The zero-order valence-corrected chi connectivity index (χ0v) is 9.87. The number of methoxy groups -OCH3 is 1. The predicted octanol–water partition coefficient (Wildman–Crippen LogP) is 1.86. The van der Waals surface area contributed by atoms with Gasteiger partial charge in [0.1, 0.15) is 6.10 Å². The van der Waals surface area contributed by atoms with Gasteiger partial charge in [-0.25, -0.2) is 4.98 Å². The summed E-state index contributed by atoms with van der Waals surface area (Å²) < 4.78 is 4.47. The average molecular weight is 229 g/mol. The molecule has 1 heterocycles. The van der Waals surface area contributed by atoms with Crippen molar-refractivity contribution < 1.29 is 14.6 Å². The summed E-state index contributed by atoms with van der Waals surface area (Å²) in [6.07, 6.45) is -0.904. The van der Waals surface area contributed by atoms with Crippen molar-refractivity contribution in [3.8, 4) is 0 Å². The highest BCUT2D eigenvalue weighted by Gasteiger charge is 2.17. The van der Waals surface area contributed by atoms with Crippen molar-refractivity contribution in [2.24, 2.45) is 0 Å². The summed E-state index contributed by atoms with van der Waals surface area (Å²) in [4.78, 5) is 15.2. The van der Waals surface area contributed by atoms with Crippen LogP contribution in [0.1, 0.15) is 43.0 Å². The zero-order valence-electron chi connectivity index (χ0n) is 9.06. The first-order valence-electron chi connectivity index (χ1n) is 4.74. The summed E-state index contributed by atoms with van der Waals surface area (Å²) in [5.41, 5.74) is 0.550. The van der Waals surface area contributed by atoms with E-state index in [2.05, 4.69) is 9.72 Å². The predicted molar refractivity (Wildman–Crippen MR) is 57.8 cm³/mol. The number of thiazole rings is 1. The van der Waals surface area contributed by atoms with Crippen LogP contribution in [0.5, 0.6) is 0 Å². The van der Waals surface area contributed by atoms with Gasteiger partial charge < -0.3 is 9.84 Å². The Morgan fingerprint density at radius 3 is 2.80 bits per heavy atom. The maximum absolute atomic E-state index is 10.9. The van der Waals surface area contributed by atoms with E-state index in [0.717, 1.165) is 5.01 Å². The number of esters is 1. The fraction of sp³-hybridized carbons (Fsp3) is 0.600. The standard InChI is InChI=1S/C10H15NO3S/c1-6(2)10-11-7(5-15-10)8(12)4-9(13)14-3/h5-6,8,12H,4H2,1-3H3/t8-/m0/s1. The van der Waals surface area contributed by atoms with Gasteiger partial charge in [0.15, 0.2) is 0 Å². The van der Waals surface area contributed by atoms with E-state index in [4.69, 9.17) is 0 Å². The third kappa shape index (κ3) is 3.28. The Hall–Kier alpha value is -0.940. The normalized spacial score (nSPS) is 12.9. The first-order valence-corrected chi connectivity index (χ1v) is 5.62. The van der Waals surface area contributed by atoms with E-state index in [9.17, 15) is 9.90 Å². The number of rotatable bonds is 4. The molecule has 1 N–H and O–H groups in total. The number of nitrogens with zero attached hydrogens (tertiary/aromatic N) is 1. The Kier molecular flexibility index (Phi) is 4.23. The average Bonchev–Trinajstić information content (AvgIpc) is 2.66. The van der Waals surface area contributed by atoms with Crippen molar-refractivity contribution in [3.63, 3.8) is 0 Å². The molecule has 0 spiro atoms. The second-order valence-corrected chi connectivity index (χ2v) is 4.45. The molecule has 0 bridgehead atoms. The number of hydrogen-bond acceptors (Lipinski definition) is 5. The van der Waals surface area contributed by atoms with Crippen LogP contribution < -0.4 is 0 Å². The molecule has 5 heteroatoms. The van der Waals surface area contributed by atoms with Gasteiger partial charge in [-0.05, 0) is 0 Å². The second-order valence-electron chi connectivity index (χ2n) is 3.56. The van der Waals surface area contributed by atoms with Gasteiger partial charge in [0.05, 0.1) is 24.2 Å². The molecule has 0 amide bonds. The number of hydrogen-bond donors (Lipinski definition) is 1. The van der Waals surface area contributed by atoms with Crippen LogP contribution in [-0.4, -0.2) is 23.2 Å². The Bertz CT molecular complexity index is 335. The van der Waals surface area contributed by atoms with Gasteiger partial charge in [-0.15, -0.1) is 11.3 Å². The molecule has 84 valence electrons. The van der Waals surface area contributed by atoms with E-state index < -0.39 is 12.1 Å². The van der Waals surface area contributed by atoms with Crippen LogP contribution in [-0.2, 0) is 9.53 Å². The number of aliphatic hydroxyl groups excluding tert-OH is 1. The molecular weight excluding hydrogens is 214 g/mol. The van der Waals surface area contributed by atoms with E-state index in [-0.39, 0.29) is 6.42 Å². The minimum Gasteiger partial charge on any atom is -0.469 e. The van der Waals surface area contributed by atoms with Gasteiger partial charge in [0, 0.05) is 11.3 Å². The van der Waals surface area contributed by atoms with Crippen molar-refractivity contribution in [2.75, 3.05) is 7.11 Å². The van der Waals surface area contributed by atoms with Crippen LogP contribution in [0, 0.1) is 0 Å². The van der Waals surface area contributed by atoms with Crippen molar-refractivity contribution >= 4 is 17.3 Å². The maximum Gasteiger partial charge on any atom is 0.308 e. The lowest BCUT2D eigenvalue weighted by Gasteiger charge is -2.05. The van der Waals surface area contributed by atoms with E-state index in [0.29, 0.717) is 11.6 Å². The number of aromatic nitrogens is 1. The number of carbonyl (C=O) groups excluding carboxylic acids is 1. The van der Waals surface area contributed by atoms with Crippen molar-refractivity contribution in [2.45, 2.75) is 32.3 Å². The lowest BCUT2D eigenvalue weighted by atomic mass is 10.2. The third-order valence-corrected chi connectivity index (χ3v) is 3.13. The summed E-state index contributed by atoms with van der Waals surface area (Å²) >= 11 is 1.50. The molecule has 0 aliphatic carbocycles. The van der Waals surface area contributed by atoms with Gasteiger partial charge in [-0.3, -0.25) is 4.79 Å². The SMILES string of the molecule is COC(=O)C[C@H](O)c1csc(C(C)C)n1. The highest BCUT2D eigenvalue weighted by Crippen LogP contribution is 2.24. The molecule has 1 aromatic heterocycles. The number of aliphatic hydroxyl groups is 1. The van der Waals surface area contributed by atoms with Gasteiger partial charge in [-0.1, -0.05) is 13.8 Å². The highest BCUT2D eigenvalue weighted by molar-refractivity contribution is 7.09. The van der Waals surface area contributed by atoms with E-state index in [1.807, 2.05) is 13.8 Å². The summed E-state index contributed by atoms with van der Waals surface area (Å²) in [5, 5.41) is 12.4. The summed E-state index contributed by atoms with van der Waals surface area (Å²) in [7, 11) is 1.30. The van der Waals surface area contributed by atoms with Gasteiger partial charge in [0.2, 0.25) is 0 Å². The third-order valence-electron chi connectivity index (χ3n) is 1.96. The van der Waals surface area contributed by atoms with E-state index in [1.165, 1.54) is 18.4 Å². The molecular formula is C10H15NO3S. The number of carbonyl (C=O) groups is 1. The Morgan fingerprint density at radius 1 is 1.67 bits per heavy atom. The van der Waals surface area contributed by atoms with Crippen molar-refractivity contribution in [3.05, 3.63) is 16.1 Å². The van der Waals surface area contributed by atoms with Gasteiger partial charge >= 0.3 is 5.97 Å². The fourth-order valence-corrected chi connectivity index (χ4v) is 1.95. The maximum atomic E-state index is 10.9. The molecule has 15 heavy (non-hydrogen) atoms. The van der Waals surface area contributed by atoms with Crippen LogP contribution in [0.25, 0.3) is 0 Å². The Morgan fingerprint density at radius 2 is 2.33 bits per heavy atom. The first-order chi connectivity index (χ1) is 7.04. The lowest BCUT2D eigenvalue weighted by molar-refractivity contribution is -0.142. The van der Waals surface area contributed by atoms with Crippen LogP contribution in [0.3, 0.4) is 0 Å². The lowest BCUT2D eigenvalue weighted by Crippen LogP contribution is -2.08. The molecule has 0 saturated carbocycles. The van der Waals surface area contributed by atoms with E-state index >= 15 is 0 Å². The van der Waals surface area contributed by atoms with Crippen LogP contribution in [0.2, 0.25) is 0 Å². The fourth-order valence-electron chi connectivity index (χ4n) is 1.06. The minimum absolute atomic E-state index is 0.0439. The van der Waals surface area contributed by atoms with Crippen LogP contribution in [0.15, 0.2) is 5.38 Å². The smallest absolute Gasteiger partial charge is 0.308 e. The zero-order chi connectivity index (χ0) is 11.4. The highest BCUT2D eigenvalue weighted by atomic mass is 32.1. The number of ether oxygens (including phenoxy) is 1. The summed E-state index contributed by atoms with van der Waals surface area (Å²) in [5.74, 6) is -0.0873. The van der Waals surface area contributed by atoms with Gasteiger partial charge in [-0.2, -0.15) is 0 Å². The van der Waals surface area contributed by atoms with Crippen LogP contribution in [0.4, 0.5) is 0 Å². The molecule has 1 atom stereocenters. The van der Waals surface area contributed by atoms with E-state index in [1.54, 1.807) is 5.38 Å². The molecule has 0 fully saturated rings. The second kappa shape index (κ2) is 5.23. The van der Waals surface area contributed by atoms with Crippen LogP contribution >= 0.6 is 11.3 Å². The van der Waals surface area contributed by atoms with Crippen molar-refractivity contribution in [1.29, 1.82) is 0 Å². The monoisotopic (exact) mass is 229 g/mol. The largest absolute Gasteiger partial charge is 0.469 e. The quantitative estimate of drug-likeness (QED) is 0.801. The van der Waals surface area contributed by atoms with Crippen molar-refractivity contribution in [1.82, 2.24) is 4.98 Å². The molecule has 1 aromatic rings. The molecule has 0 aromatic carbocycles. The Labute approximate surface area is 92.9 Å². The molecule has 0 aliphatic rings. The summed E-state index contributed by atoms with van der Waals surface area (Å²) in [6.45, 7) is 4.07. The molecule has 0 saturated heterocycles. The Balaban J connectivity index is 2.65. The minimum atomic E-state index is -0.860. The molecule has 1 rings (SSSR count). The molecule has 0 unspecified atom stereocenters. The molecule has 4 nitrogen and oxygen atoms in total. The molecule has 0 radical (unpaired) electrons. The molecule has 0 aliphatic heterocycles.